The Morgan fingerprint density at radius 3 is 2.41 bits per heavy atom. The Hall–Kier alpha value is -3.82. The van der Waals surface area contributed by atoms with E-state index in [4.69, 9.17) is 14.2 Å². The molecule has 0 bridgehead atoms. The molecule has 0 unspecified atom stereocenters. The van der Waals surface area contributed by atoms with Crippen molar-refractivity contribution in [2.75, 3.05) is 45.4 Å². The maximum absolute atomic E-state index is 14.1. The van der Waals surface area contributed by atoms with Crippen LogP contribution in [0.3, 0.4) is 0 Å². The smallest absolute Gasteiger partial charge is 0.416 e. The number of benzene rings is 2. The zero-order chi connectivity index (χ0) is 31.3. The number of nitrogens with zero attached hydrogens (tertiary/aromatic N) is 3. The molecule has 0 N–H and O–H groups in total. The van der Waals surface area contributed by atoms with Crippen LogP contribution in [-0.4, -0.2) is 73.0 Å². The third-order valence-electron chi connectivity index (χ3n) is 7.90. The van der Waals surface area contributed by atoms with Crippen LogP contribution < -0.4 is 19.2 Å². The minimum Gasteiger partial charge on any atom is -0.493 e. The number of amides is 3. The van der Waals surface area contributed by atoms with E-state index in [1.54, 1.807) is 23.1 Å². The van der Waals surface area contributed by atoms with Gasteiger partial charge >= 0.3 is 11.0 Å². The maximum atomic E-state index is 14.1. The van der Waals surface area contributed by atoms with Gasteiger partial charge in [0.2, 0.25) is 17.7 Å². The van der Waals surface area contributed by atoms with Gasteiger partial charge in [-0.15, -0.1) is 0 Å². The van der Waals surface area contributed by atoms with Crippen LogP contribution in [-0.2, 0) is 31.8 Å². The van der Waals surface area contributed by atoms with E-state index in [9.17, 15) is 32.3 Å². The highest BCUT2D eigenvalue weighted by atomic mass is 32.2. The third kappa shape index (κ3) is 5.16. The number of thiazole rings is 1. The number of anilines is 1. The maximum Gasteiger partial charge on any atom is 0.416 e. The molecular weight excluding hydrogens is 623 g/mol. The van der Waals surface area contributed by atoms with E-state index in [0.717, 1.165) is 46.2 Å². The molecule has 0 aliphatic carbocycles. The number of carbonyl (C=O) groups is 3. The highest BCUT2D eigenvalue weighted by Crippen LogP contribution is 2.54. The predicted molar refractivity (Wildman–Crippen MR) is 154 cm³/mol. The molecule has 0 saturated carbocycles. The molecule has 44 heavy (non-hydrogen) atoms. The number of aromatic nitrogens is 1. The van der Waals surface area contributed by atoms with E-state index >= 15 is 0 Å². The van der Waals surface area contributed by atoms with Crippen LogP contribution in [0.2, 0.25) is 0 Å². The van der Waals surface area contributed by atoms with Crippen molar-refractivity contribution in [3.05, 3.63) is 68.1 Å². The molecule has 3 aliphatic rings. The minimum atomic E-state index is -4.68. The summed E-state index contributed by atoms with van der Waals surface area (Å²) in [6.45, 7) is 1.25. The number of imide groups is 1. The number of rotatable bonds is 6. The molecule has 15 heteroatoms. The Bertz CT molecular complexity index is 1700. The summed E-state index contributed by atoms with van der Waals surface area (Å²) in [5.74, 6) is -2.79. The van der Waals surface area contributed by atoms with Crippen LogP contribution >= 0.6 is 23.1 Å². The molecule has 3 aromatic rings. The molecule has 2 aromatic carbocycles. The summed E-state index contributed by atoms with van der Waals surface area (Å²) in [6.07, 6.45) is -4.68. The van der Waals surface area contributed by atoms with E-state index in [-0.39, 0.29) is 18.1 Å². The average Bonchev–Trinajstić information content (AvgIpc) is 3.46. The molecule has 2 fully saturated rings. The summed E-state index contributed by atoms with van der Waals surface area (Å²) in [6, 6.07) is 9.05. The summed E-state index contributed by atoms with van der Waals surface area (Å²) in [4.78, 5) is 56.9. The van der Waals surface area contributed by atoms with Crippen molar-refractivity contribution in [1.82, 2.24) is 9.47 Å². The van der Waals surface area contributed by atoms with E-state index in [1.165, 1.54) is 24.9 Å². The second-order valence-electron chi connectivity index (χ2n) is 10.3. The number of hydrogen-bond donors (Lipinski definition) is 0. The van der Waals surface area contributed by atoms with Gasteiger partial charge in [0.15, 0.2) is 11.5 Å². The molecule has 0 spiro atoms. The molecule has 3 aliphatic heterocycles. The van der Waals surface area contributed by atoms with Gasteiger partial charge in [-0.05, 0) is 35.9 Å². The number of methoxy groups -OCH3 is 2. The number of fused-ring (bicyclic) bond motifs is 2. The van der Waals surface area contributed by atoms with Crippen molar-refractivity contribution in [1.29, 1.82) is 0 Å². The van der Waals surface area contributed by atoms with Gasteiger partial charge in [0.25, 0.3) is 0 Å². The van der Waals surface area contributed by atoms with Crippen molar-refractivity contribution in [2.24, 2.45) is 5.92 Å². The fraction of sp³-hybridized carbons (Fsp3) is 0.379. The molecule has 6 rings (SSSR count). The van der Waals surface area contributed by atoms with Crippen molar-refractivity contribution in [3.63, 3.8) is 0 Å². The minimum absolute atomic E-state index is 0.195. The molecule has 3 amide bonds. The fourth-order valence-electron chi connectivity index (χ4n) is 5.78. The molecule has 3 atom stereocenters. The number of ether oxygens (including phenoxy) is 3. The quantitative estimate of drug-likeness (QED) is 0.373. The van der Waals surface area contributed by atoms with Gasteiger partial charge in [-0.2, -0.15) is 13.2 Å². The third-order valence-corrected chi connectivity index (χ3v) is 10.5. The monoisotopic (exact) mass is 649 g/mol. The average molecular weight is 650 g/mol. The fourth-order valence-corrected chi connectivity index (χ4v) is 8.56. The van der Waals surface area contributed by atoms with Crippen LogP contribution in [0.4, 0.5) is 18.9 Å². The summed E-state index contributed by atoms with van der Waals surface area (Å²) in [7, 11) is 2.91. The first-order chi connectivity index (χ1) is 21.0. The van der Waals surface area contributed by atoms with E-state index < -0.39 is 45.5 Å². The molecule has 0 radical (unpaired) electrons. The largest absolute Gasteiger partial charge is 0.493 e. The first-order valence-corrected chi connectivity index (χ1v) is 15.3. The second kappa shape index (κ2) is 11.6. The zero-order valence-electron chi connectivity index (χ0n) is 23.5. The molecule has 2 saturated heterocycles. The lowest BCUT2D eigenvalue weighted by atomic mass is 9.83. The lowest BCUT2D eigenvalue weighted by Gasteiger charge is -2.31. The molecular formula is C29H26F3N3O7S2. The van der Waals surface area contributed by atoms with Gasteiger partial charge in [-0.1, -0.05) is 35.2 Å². The Kier molecular flexibility index (Phi) is 7.96. The summed E-state index contributed by atoms with van der Waals surface area (Å²) in [5, 5.41) is -0.698. The van der Waals surface area contributed by atoms with Gasteiger partial charge in [0, 0.05) is 23.9 Å². The van der Waals surface area contributed by atoms with Crippen LogP contribution in [0.15, 0.2) is 52.3 Å². The lowest BCUT2D eigenvalue weighted by molar-refractivity contribution is -0.138. The second-order valence-corrected chi connectivity index (χ2v) is 12.5. The van der Waals surface area contributed by atoms with E-state index in [1.807, 2.05) is 0 Å². The number of thioether (sulfide) groups is 1. The number of halogens is 3. The van der Waals surface area contributed by atoms with Crippen molar-refractivity contribution in [3.8, 4) is 11.5 Å². The first kappa shape index (κ1) is 30.2. The number of morpholine rings is 1. The normalized spacial score (nSPS) is 21.7. The summed E-state index contributed by atoms with van der Waals surface area (Å²) >= 11 is 1.86. The number of carbonyl (C=O) groups excluding carboxylic acids is 3. The standard InChI is InChI=1S/C29H26F3N3O7S2/c1-40-18-7-6-15(12-19(18)41-2)21-22-23(26(38)35(25(22)37)17-5-3-4-16(13-17)29(30,31)32)43-27-24(21)44-28(39)34(27)14-20(36)33-8-10-42-11-9-33/h3-7,12-13,21-23H,8-11,14H2,1-2H3/t21-,22-,23+/m0/s1. The predicted octanol–water partition coefficient (Wildman–Crippen LogP) is 3.60. The van der Waals surface area contributed by atoms with Crippen molar-refractivity contribution < 1.29 is 41.8 Å². The Morgan fingerprint density at radius 1 is 1.00 bits per heavy atom. The Labute approximate surface area is 257 Å². The summed E-state index contributed by atoms with van der Waals surface area (Å²) in [5.41, 5.74) is -0.651. The van der Waals surface area contributed by atoms with Crippen LogP contribution in [0, 0.1) is 5.92 Å². The van der Waals surface area contributed by atoms with Crippen LogP contribution in [0.1, 0.15) is 21.9 Å². The lowest BCUT2D eigenvalue weighted by Crippen LogP contribution is -2.43. The van der Waals surface area contributed by atoms with E-state index in [2.05, 4.69) is 0 Å². The molecule has 10 nitrogen and oxygen atoms in total. The number of hydrogen-bond acceptors (Lipinski definition) is 9. The topological polar surface area (TPSA) is 107 Å². The van der Waals surface area contributed by atoms with Crippen molar-refractivity contribution in [2.45, 2.75) is 28.9 Å². The SMILES string of the molecule is COc1ccc([C@@H]2c3sc(=O)n(CC(=O)N4CCOCC4)c3S[C@H]3C(=O)N(c4cccc(C(F)(F)F)c4)C(=O)[C@@H]23)cc1OC. The Morgan fingerprint density at radius 2 is 1.73 bits per heavy atom. The van der Waals surface area contributed by atoms with E-state index in [0.29, 0.717) is 53.3 Å². The van der Waals surface area contributed by atoms with Crippen LogP contribution in [0.25, 0.3) is 0 Å². The first-order valence-electron chi connectivity index (χ1n) is 13.6. The Balaban J connectivity index is 1.46. The van der Waals surface area contributed by atoms with Gasteiger partial charge < -0.3 is 19.1 Å². The zero-order valence-corrected chi connectivity index (χ0v) is 25.1. The number of alkyl halides is 3. The van der Waals surface area contributed by atoms with Gasteiger partial charge in [0.05, 0.1) is 49.6 Å². The van der Waals surface area contributed by atoms with Gasteiger partial charge in [0.1, 0.15) is 11.8 Å². The highest BCUT2D eigenvalue weighted by molar-refractivity contribution is 8.00. The highest BCUT2D eigenvalue weighted by Gasteiger charge is 2.57. The van der Waals surface area contributed by atoms with Gasteiger partial charge in [-0.3, -0.25) is 23.7 Å². The molecule has 232 valence electrons. The van der Waals surface area contributed by atoms with Crippen molar-refractivity contribution >= 4 is 46.5 Å². The van der Waals surface area contributed by atoms with Gasteiger partial charge in [-0.25, -0.2) is 4.90 Å². The van der Waals surface area contributed by atoms with Crippen LogP contribution in [0.5, 0.6) is 11.5 Å². The molecule has 4 heterocycles. The molecule has 1 aromatic heterocycles. The summed E-state index contributed by atoms with van der Waals surface area (Å²) < 4.78 is 58.1.